The van der Waals surface area contributed by atoms with Gasteiger partial charge in [-0.05, 0) is 37.0 Å². The minimum atomic E-state index is -0.763. The Morgan fingerprint density at radius 2 is 0.483 bits per heavy atom. The number of rotatable bonds is 47. The van der Waals surface area contributed by atoms with Crippen LogP contribution in [0.25, 0.3) is 0 Å². The van der Waals surface area contributed by atoms with Gasteiger partial charge in [0.25, 0.3) is 0 Å². The van der Waals surface area contributed by atoms with Crippen molar-refractivity contribution >= 4 is 17.9 Å². The molecule has 0 aliphatic rings. The molecule has 0 aromatic carbocycles. The van der Waals surface area contributed by atoms with Gasteiger partial charge in [-0.25, -0.2) is 0 Å². The van der Waals surface area contributed by atoms with E-state index in [-0.39, 0.29) is 31.1 Å². The smallest absolute Gasteiger partial charge is 0.306 e. The lowest BCUT2D eigenvalue weighted by molar-refractivity contribution is -0.167. The van der Waals surface area contributed by atoms with Gasteiger partial charge in [-0.15, -0.1) is 0 Å². The molecule has 6 nitrogen and oxygen atoms in total. The number of unbranched alkanes of at least 4 members (excludes halogenated alkanes) is 30. The Labute approximate surface area is 374 Å². The third-order valence-corrected chi connectivity index (χ3v) is 12.1. The van der Waals surface area contributed by atoms with E-state index in [0.29, 0.717) is 19.3 Å². The summed E-state index contributed by atoms with van der Waals surface area (Å²) in [6.07, 6.45) is 45.3. The molecule has 0 aromatic rings. The van der Waals surface area contributed by atoms with Crippen molar-refractivity contribution in [3.63, 3.8) is 0 Å². The van der Waals surface area contributed by atoms with Gasteiger partial charge >= 0.3 is 17.9 Å². The molecule has 0 N–H and O–H groups in total. The van der Waals surface area contributed by atoms with Gasteiger partial charge in [0.2, 0.25) is 0 Å². The van der Waals surface area contributed by atoms with Crippen molar-refractivity contribution < 1.29 is 28.6 Å². The van der Waals surface area contributed by atoms with E-state index < -0.39 is 6.10 Å². The fourth-order valence-electron chi connectivity index (χ4n) is 8.12. The van der Waals surface area contributed by atoms with Crippen LogP contribution < -0.4 is 0 Å². The first kappa shape index (κ1) is 58.4. The lowest BCUT2D eigenvalue weighted by Gasteiger charge is -2.18. The summed E-state index contributed by atoms with van der Waals surface area (Å²) in [4.78, 5) is 38.0. The molecule has 60 heavy (non-hydrogen) atoms. The fourth-order valence-corrected chi connectivity index (χ4v) is 8.12. The van der Waals surface area contributed by atoms with Crippen LogP contribution in [0.3, 0.4) is 0 Å². The SMILES string of the molecule is CC(C)CCCCCCCCCCCCCCCCCC(=O)OC[C@H](COC(=O)CCCCCCCCCCCCC(C)C)OC(=O)CCCCCCCCCCC(C)C. The Morgan fingerprint density at radius 3 is 0.717 bits per heavy atom. The molecule has 0 saturated heterocycles. The van der Waals surface area contributed by atoms with Crippen LogP contribution in [0.15, 0.2) is 0 Å². The maximum absolute atomic E-state index is 12.8. The monoisotopic (exact) mass is 849 g/mol. The minimum absolute atomic E-state index is 0.0648. The van der Waals surface area contributed by atoms with Gasteiger partial charge in [0.15, 0.2) is 6.10 Å². The van der Waals surface area contributed by atoms with Crippen LogP contribution in [0, 0.1) is 17.8 Å². The molecule has 0 rings (SSSR count). The van der Waals surface area contributed by atoms with Crippen molar-refractivity contribution in [2.75, 3.05) is 13.2 Å². The molecule has 0 saturated carbocycles. The summed E-state index contributed by atoms with van der Waals surface area (Å²) in [5.74, 6) is 1.61. The van der Waals surface area contributed by atoms with Gasteiger partial charge in [0.05, 0.1) is 0 Å². The van der Waals surface area contributed by atoms with E-state index in [9.17, 15) is 14.4 Å². The average molecular weight is 849 g/mol. The number of carbonyl (C=O) groups excluding carboxylic acids is 3. The molecule has 0 unspecified atom stereocenters. The van der Waals surface area contributed by atoms with Crippen molar-refractivity contribution in [1.82, 2.24) is 0 Å². The van der Waals surface area contributed by atoms with Crippen LogP contribution in [-0.4, -0.2) is 37.2 Å². The van der Waals surface area contributed by atoms with Crippen molar-refractivity contribution in [2.24, 2.45) is 17.8 Å². The van der Waals surface area contributed by atoms with E-state index in [1.807, 2.05) is 0 Å². The van der Waals surface area contributed by atoms with E-state index in [1.54, 1.807) is 0 Å². The number of ether oxygens (including phenoxy) is 3. The first-order chi connectivity index (χ1) is 29.1. The van der Waals surface area contributed by atoms with Crippen LogP contribution in [0.2, 0.25) is 0 Å². The first-order valence-corrected chi connectivity index (χ1v) is 26.6. The second-order valence-electron chi connectivity index (χ2n) is 19.9. The highest BCUT2D eigenvalue weighted by atomic mass is 16.6. The molecule has 0 aromatic heterocycles. The van der Waals surface area contributed by atoms with Gasteiger partial charge in [0.1, 0.15) is 13.2 Å². The molecule has 356 valence electrons. The number of carbonyl (C=O) groups is 3. The van der Waals surface area contributed by atoms with Gasteiger partial charge in [-0.3, -0.25) is 14.4 Å². The fraction of sp³-hybridized carbons (Fsp3) is 0.944. The molecule has 0 bridgehead atoms. The summed E-state index contributed by atoms with van der Waals surface area (Å²) in [6, 6.07) is 0. The van der Waals surface area contributed by atoms with Crippen LogP contribution in [0.5, 0.6) is 0 Å². The Balaban J connectivity index is 4.26. The summed E-state index contributed by atoms with van der Waals surface area (Å²) >= 11 is 0. The van der Waals surface area contributed by atoms with Gasteiger partial charge in [0, 0.05) is 19.3 Å². The van der Waals surface area contributed by atoms with Crippen molar-refractivity contribution in [3.8, 4) is 0 Å². The number of hydrogen-bond donors (Lipinski definition) is 0. The van der Waals surface area contributed by atoms with E-state index in [4.69, 9.17) is 14.2 Å². The molecule has 1 atom stereocenters. The Hall–Kier alpha value is -1.59. The zero-order chi connectivity index (χ0) is 44.2. The van der Waals surface area contributed by atoms with Crippen molar-refractivity contribution in [1.29, 1.82) is 0 Å². The molecule has 0 radical (unpaired) electrons. The largest absolute Gasteiger partial charge is 0.462 e. The van der Waals surface area contributed by atoms with E-state index in [0.717, 1.165) is 75.5 Å². The third kappa shape index (κ3) is 47.5. The summed E-state index contributed by atoms with van der Waals surface area (Å²) in [7, 11) is 0. The van der Waals surface area contributed by atoms with E-state index in [1.165, 1.54) is 173 Å². The maximum atomic E-state index is 12.8. The number of hydrogen-bond acceptors (Lipinski definition) is 6. The predicted octanol–water partition coefficient (Wildman–Crippen LogP) is 17.2. The minimum Gasteiger partial charge on any atom is -0.462 e. The first-order valence-electron chi connectivity index (χ1n) is 26.6. The van der Waals surface area contributed by atoms with Gasteiger partial charge < -0.3 is 14.2 Å². The highest BCUT2D eigenvalue weighted by Gasteiger charge is 2.19. The summed E-state index contributed by atoms with van der Waals surface area (Å²) in [6.45, 7) is 13.7. The summed E-state index contributed by atoms with van der Waals surface area (Å²) in [5, 5.41) is 0. The van der Waals surface area contributed by atoms with Gasteiger partial charge in [-0.1, -0.05) is 253 Å². The Morgan fingerprint density at radius 1 is 0.283 bits per heavy atom. The second kappa shape index (κ2) is 45.4. The molecular formula is C54H104O6. The van der Waals surface area contributed by atoms with Crippen molar-refractivity contribution in [3.05, 3.63) is 0 Å². The zero-order valence-electron chi connectivity index (χ0n) is 41.3. The quantitative estimate of drug-likeness (QED) is 0.0345. The van der Waals surface area contributed by atoms with E-state index in [2.05, 4.69) is 41.5 Å². The molecule has 0 aliphatic heterocycles. The molecule has 0 heterocycles. The average Bonchev–Trinajstić information content (AvgIpc) is 3.20. The highest BCUT2D eigenvalue weighted by Crippen LogP contribution is 2.18. The van der Waals surface area contributed by atoms with Crippen LogP contribution in [0.4, 0.5) is 0 Å². The molecular weight excluding hydrogens is 745 g/mol. The molecule has 6 heteroatoms. The Kier molecular flexibility index (Phi) is 44.2. The zero-order valence-corrected chi connectivity index (χ0v) is 41.3. The van der Waals surface area contributed by atoms with Crippen LogP contribution in [0.1, 0.15) is 292 Å². The second-order valence-corrected chi connectivity index (χ2v) is 19.9. The standard InChI is InChI=1S/C54H104O6/c1-48(2)40-34-28-22-16-12-10-8-7-9-11-13-18-25-31-37-43-52(55)58-46-51(60-54(57)45-39-33-27-21-20-24-30-36-42-50(5)6)47-59-53(56)44-38-32-26-19-15-14-17-23-29-35-41-49(3)4/h48-51H,7-47H2,1-6H3/t51-/m1/s1. The van der Waals surface area contributed by atoms with Crippen molar-refractivity contribution in [2.45, 2.75) is 298 Å². The molecule has 0 spiro atoms. The van der Waals surface area contributed by atoms with Gasteiger partial charge in [-0.2, -0.15) is 0 Å². The summed E-state index contributed by atoms with van der Waals surface area (Å²) < 4.78 is 16.8. The molecule has 0 aliphatic carbocycles. The maximum Gasteiger partial charge on any atom is 0.306 e. The van der Waals surface area contributed by atoms with E-state index >= 15 is 0 Å². The lowest BCUT2D eigenvalue weighted by atomic mass is 10.0. The van der Waals surface area contributed by atoms with Crippen LogP contribution >= 0.6 is 0 Å². The normalized spacial score (nSPS) is 12.2. The summed E-state index contributed by atoms with van der Waals surface area (Å²) in [5.41, 5.74) is 0. The molecule has 0 amide bonds. The number of esters is 3. The predicted molar refractivity (Wildman–Crippen MR) is 256 cm³/mol. The third-order valence-electron chi connectivity index (χ3n) is 12.1. The van der Waals surface area contributed by atoms with Crippen LogP contribution in [-0.2, 0) is 28.6 Å². The lowest BCUT2D eigenvalue weighted by Crippen LogP contribution is -2.30. The Bertz CT molecular complexity index is 929. The highest BCUT2D eigenvalue weighted by molar-refractivity contribution is 5.71. The topological polar surface area (TPSA) is 78.9 Å². The molecule has 0 fully saturated rings.